The van der Waals surface area contributed by atoms with Gasteiger partial charge >= 0.3 is 11.9 Å². The van der Waals surface area contributed by atoms with E-state index in [0.29, 0.717) is 19.0 Å². The van der Waals surface area contributed by atoms with Crippen LogP contribution in [-0.2, 0) is 19.1 Å². The Labute approximate surface area is 119 Å². The van der Waals surface area contributed by atoms with Crippen LogP contribution in [0.5, 0.6) is 0 Å². The largest absolute Gasteiger partial charge is 0.480 e. The highest BCUT2D eigenvalue weighted by molar-refractivity contribution is 5.84. The van der Waals surface area contributed by atoms with Crippen molar-refractivity contribution in [1.82, 2.24) is 10.6 Å². The molecule has 0 rings (SSSR count). The van der Waals surface area contributed by atoms with E-state index in [9.17, 15) is 14.4 Å². The van der Waals surface area contributed by atoms with Gasteiger partial charge in [0.05, 0.1) is 7.11 Å². The van der Waals surface area contributed by atoms with Crippen LogP contribution < -0.4 is 10.6 Å². The lowest BCUT2D eigenvalue weighted by molar-refractivity contribution is -0.144. The molecule has 3 N–H and O–H groups in total. The second kappa shape index (κ2) is 10.2. The van der Waals surface area contributed by atoms with E-state index in [-0.39, 0.29) is 25.2 Å². The van der Waals surface area contributed by atoms with E-state index in [1.807, 2.05) is 13.8 Å². The van der Waals surface area contributed by atoms with Crippen LogP contribution in [0.4, 0.5) is 0 Å². The number of carboxylic acid groups (broad SMARTS) is 1. The molecule has 0 fully saturated rings. The minimum absolute atomic E-state index is 0.0258. The minimum Gasteiger partial charge on any atom is -0.480 e. The van der Waals surface area contributed by atoms with Crippen molar-refractivity contribution in [2.45, 2.75) is 51.6 Å². The smallest absolute Gasteiger partial charge is 0.326 e. The van der Waals surface area contributed by atoms with Crippen molar-refractivity contribution >= 4 is 17.8 Å². The SMILES string of the molecule is COC(=O)CC[C@H](NC(=O)CCCNC(C)C)C(=O)O. The van der Waals surface area contributed by atoms with Gasteiger partial charge < -0.3 is 20.5 Å². The fraction of sp³-hybridized carbons (Fsp3) is 0.769. The van der Waals surface area contributed by atoms with E-state index in [2.05, 4.69) is 15.4 Å². The van der Waals surface area contributed by atoms with Crippen molar-refractivity contribution in [3.8, 4) is 0 Å². The van der Waals surface area contributed by atoms with Gasteiger partial charge in [-0.15, -0.1) is 0 Å². The van der Waals surface area contributed by atoms with E-state index in [4.69, 9.17) is 5.11 Å². The van der Waals surface area contributed by atoms with Crippen LogP contribution in [0.15, 0.2) is 0 Å². The lowest BCUT2D eigenvalue weighted by Gasteiger charge is -2.14. The van der Waals surface area contributed by atoms with Crippen LogP contribution in [-0.4, -0.2) is 48.7 Å². The van der Waals surface area contributed by atoms with Gasteiger partial charge in [-0.3, -0.25) is 9.59 Å². The summed E-state index contributed by atoms with van der Waals surface area (Å²) in [5, 5.41) is 14.6. The Kier molecular flexibility index (Phi) is 9.36. The molecule has 20 heavy (non-hydrogen) atoms. The summed E-state index contributed by atoms with van der Waals surface area (Å²) in [6.45, 7) is 4.71. The van der Waals surface area contributed by atoms with Crippen LogP contribution in [0.2, 0.25) is 0 Å². The quantitative estimate of drug-likeness (QED) is 0.394. The lowest BCUT2D eigenvalue weighted by Crippen LogP contribution is -2.41. The van der Waals surface area contributed by atoms with Crippen molar-refractivity contribution in [2.24, 2.45) is 0 Å². The van der Waals surface area contributed by atoms with Crippen molar-refractivity contribution in [3.63, 3.8) is 0 Å². The number of carboxylic acids is 1. The molecular weight excluding hydrogens is 264 g/mol. The Morgan fingerprint density at radius 2 is 1.85 bits per heavy atom. The third-order valence-electron chi connectivity index (χ3n) is 2.63. The van der Waals surface area contributed by atoms with Gasteiger partial charge in [0.15, 0.2) is 0 Å². The number of methoxy groups -OCH3 is 1. The van der Waals surface area contributed by atoms with E-state index < -0.39 is 18.0 Å². The molecule has 0 aromatic carbocycles. The summed E-state index contributed by atoms with van der Waals surface area (Å²) in [6, 6.07) is -0.704. The number of rotatable bonds is 10. The number of aliphatic carboxylic acids is 1. The molecule has 7 nitrogen and oxygen atoms in total. The monoisotopic (exact) mass is 288 g/mol. The molecule has 0 unspecified atom stereocenters. The second-order valence-corrected chi connectivity index (χ2v) is 4.79. The number of hydrogen-bond donors (Lipinski definition) is 3. The van der Waals surface area contributed by atoms with Crippen LogP contribution in [0.3, 0.4) is 0 Å². The summed E-state index contributed by atoms with van der Waals surface area (Å²) in [7, 11) is 1.23. The molecule has 0 radical (unpaired) electrons. The summed E-state index contributed by atoms with van der Waals surface area (Å²) in [5.74, 6) is -1.97. The Morgan fingerprint density at radius 1 is 1.20 bits per heavy atom. The van der Waals surface area contributed by atoms with Crippen molar-refractivity contribution in [3.05, 3.63) is 0 Å². The molecular formula is C13H24N2O5. The highest BCUT2D eigenvalue weighted by Crippen LogP contribution is 2.01. The molecule has 0 aliphatic rings. The van der Waals surface area contributed by atoms with Crippen LogP contribution in [0.1, 0.15) is 39.5 Å². The first-order chi connectivity index (χ1) is 9.36. The maximum atomic E-state index is 11.6. The van der Waals surface area contributed by atoms with E-state index in [0.717, 1.165) is 0 Å². The zero-order valence-corrected chi connectivity index (χ0v) is 12.3. The summed E-state index contributed by atoms with van der Waals surface area (Å²) >= 11 is 0. The third kappa shape index (κ3) is 9.32. The maximum absolute atomic E-state index is 11.6. The van der Waals surface area contributed by atoms with Gasteiger partial charge in [-0.1, -0.05) is 13.8 Å². The first-order valence-corrected chi connectivity index (χ1v) is 6.69. The molecule has 0 aromatic rings. The first-order valence-electron chi connectivity index (χ1n) is 6.69. The zero-order valence-electron chi connectivity index (χ0n) is 12.3. The molecule has 0 saturated carbocycles. The summed E-state index contributed by atoms with van der Waals surface area (Å²) in [5.41, 5.74) is 0. The molecule has 0 spiro atoms. The van der Waals surface area contributed by atoms with E-state index >= 15 is 0 Å². The van der Waals surface area contributed by atoms with Gasteiger partial charge in [0.1, 0.15) is 6.04 Å². The zero-order chi connectivity index (χ0) is 15.5. The Balaban J connectivity index is 4.02. The number of amides is 1. The van der Waals surface area contributed by atoms with Gasteiger partial charge in [0.2, 0.25) is 5.91 Å². The Hall–Kier alpha value is -1.63. The van der Waals surface area contributed by atoms with E-state index in [1.54, 1.807) is 0 Å². The van der Waals surface area contributed by atoms with Crippen molar-refractivity contribution < 1.29 is 24.2 Å². The standard InChI is InChI=1S/C13H24N2O5/c1-9(2)14-8-4-5-11(16)15-10(13(18)19)6-7-12(17)20-3/h9-10,14H,4-8H2,1-3H3,(H,15,16)(H,18,19)/t10-/m0/s1. The van der Waals surface area contributed by atoms with Gasteiger partial charge in [-0.2, -0.15) is 0 Å². The maximum Gasteiger partial charge on any atom is 0.326 e. The molecule has 0 aromatic heterocycles. The van der Waals surface area contributed by atoms with Crippen LogP contribution in [0.25, 0.3) is 0 Å². The Bertz CT molecular complexity index is 331. The molecule has 0 bridgehead atoms. The number of carbonyl (C=O) groups excluding carboxylic acids is 2. The van der Waals surface area contributed by atoms with Gasteiger partial charge in [0, 0.05) is 18.9 Å². The molecule has 0 aliphatic carbocycles. The Morgan fingerprint density at radius 3 is 2.35 bits per heavy atom. The molecule has 0 aliphatic heterocycles. The fourth-order valence-corrected chi connectivity index (χ4v) is 1.53. The highest BCUT2D eigenvalue weighted by Gasteiger charge is 2.20. The molecule has 116 valence electrons. The molecule has 1 atom stereocenters. The molecule has 0 saturated heterocycles. The minimum atomic E-state index is -1.15. The van der Waals surface area contributed by atoms with Crippen LogP contribution >= 0.6 is 0 Å². The first kappa shape index (κ1) is 18.4. The lowest BCUT2D eigenvalue weighted by atomic mass is 10.1. The number of carbonyl (C=O) groups is 3. The number of nitrogens with one attached hydrogen (secondary N) is 2. The molecule has 0 heterocycles. The number of ether oxygens (including phenoxy) is 1. The highest BCUT2D eigenvalue weighted by atomic mass is 16.5. The average Bonchev–Trinajstić information content (AvgIpc) is 2.38. The van der Waals surface area contributed by atoms with Gasteiger partial charge in [-0.05, 0) is 19.4 Å². The van der Waals surface area contributed by atoms with E-state index in [1.165, 1.54) is 7.11 Å². The predicted octanol–water partition coefficient (Wildman–Crippen LogP) is 0.287. The topological polar surface area (TPSA) is 105 Å². The normalized spacial score (nSPS) is 12.0. The summed E-state index contributed by atoms with van der Waals surface area (Å²) in [6.07, 6.45) is 0.871. The number of hydrogen-bond acceptors (Lipinski definition) is 5. The van der Waals surface area contributed by atoms with Crippen molar-refractivity contribution in [2.75, 3.05) is 13.7 Å². The fourth-order valence-electron chi connectivity index (χ4n) is 1.53. The molecule has 1 amide bonds. The summed E-state index contributed by atoms with van der Waals surface area (Å²) in [4.78, 5) is 33.5. The second-order valence-electron chi connectivity index (χ2n) is 4.79. The van der Waals surface area contributed by atoms with Crippen LogP contribution in [0, 0.1) is 0 Å². The third-order valence-corrected chi connectivity index (χ3v) is 2.63. The predicted molar refractivity (Wildman–Crippen MR) is 73.2 cm³/mol. The van der Waals surface area contributed by atoms with Gasteiger partial charge in [0.25, 0.3) is 0 Å². The van der Waals surface area contributed by atoms with Crippen molar-refractivity contribution in [1.29, 1.82) is 0 Å². The average molecular weight is 288 g/mol. The van der Waals surface area contributed by atoms with Gasteiger partial charge in [-0.25, -0.2) is 4.79 Å². The summed E-state index contributed by atoms with van der Waals surface area (Å²) < 4.78 is 4.43. The molecule has 7 heteroatoms. The number of esters is 1.